The zero-order valence-corrected chi connectivity index (χ0v) is 9.09. The average Bonchev–Trinajstić information content (AvgIpc) is 2.19. The Labute approximate surface area is 91.9 Å². The fraction of sp³-hybridized carbons (Fsp3) is 0.111. The van der Waals surface area contributed by atoms with E-state index < -0.39 is 11.1 Å². The number of hydrogen-bond donors (Lipinski definition) is 3. The molecule has 78 valence electrons. The van der Waals surface area contributed by atoms with Crippen molar-refractivity contribution in [3.63, 3.8) is 0 Å². The molecule has 0 unspecified atom stereocenters. The number of aromatic amines is 2. The molecule has 1 aromatic heterocycles. The number of benzene rings is 1. The number of H-pyrrole nitrogens is 2. The molecule has 15 heavy (non-hydrogen) atoms. The maximum atomic E-state index is 11.1. The van der Waals surface area contributed by atoms with Crippen molar-refractivity contribution < 1.29 is 5.11 Å². The van der Waals surface area contributed by atoms with Crippen molar-refractivity contribution in [1.29, 1.82) is 0 Å². The van der Waals surface area contributed by atoms with Crippen LogP contribution in [0.3, 0.4) is 0 Å². The smallest absolute Gasteiger partial charge is 0.314 e. The van der Waals surface area contributed by atoms with Gasteiger partial charge in [0.25, 0.3) is 0 Å². The first-order chi connectivity index (χ1) is 7.11. The maximum absolute atomic E-state index is 11.1. The first kappa shape index (κ1) is 10.1. The molecule has 0 spiro atoms. The SMILES string of the molecule is O=c1[nH]c2cc(Br)cc(CO)c2[nH]c1=O. The number of aliphatic hydroxyl groups excluding tert-OH is 1. The van der Waals surface area contributed by atoms with Gasteiger partial charge in [0.1, 0.15) is 0 Å². The van der Waals surface area contributed by atoms with E-state index in [9.17, 15) is 9.59 Å². The largest absolute Gasteiger partial charge is 0.392 e. The minimum atomic E-state index is -0.723. The monoisotopic (exact) mass is 270 g/mol. The highest BCUT2D eigenvalue weighted by molar-refractivity contribution is 9.10. The molecule has 0 atom stereocenters. The molecule has 0 radical (unpaired) electrons. The van der Waals surface area contributed by atoms with Crippen LogP contribution in [0.4, 0.5) is 0 Å². The number of hydrogen-bond acceptors (Lipinski definition) is 3. The molecule has 3 N–H and O–H groups in total. The van der Waals surface area contributed by atoms with E-state index in [0.717, 1.165) is 4.47 Å². The van der Waals surface area contributed by atoms with Gasteiger partial charge in [0, 0.05) is 10.0 Å². The van der Waals surface area contributed by atoms with Crippen LogP contribution >= 0.6 is 15.9 Å². The van der Waals surface area contributed by atoms with Gasteiger partial charge in [0.15, 0.2) is 0 Å². The second-order valence-electron chi connectivity index (χ2n) is 3.05. The Bertz CT molecular complexity index is 629. The zero-order valence-electron chi connectivity index (χ0n) is 7.50. The summed E-state index contributed by atoms with van der Waals surface area (Å²) in [6, 6.07) is 3.34. The number of halogens is 1. The summed E-state index contributed by atoms with van der Waals surface area (Å²) in [7, 11) is 0. The van der Waals surface area contributed by atoms with Gasteiger partial charge < -0.3 is 15.1 Å². The van der Waals surface area contributed by atoms with Crippen LogP contribution in [0.2, 0.25) is 0 Å². The van der Waals surface area contributed by atoms with Gasteiger partial charge >= 0.3 is 11.1 Å². The fourth-order valence-electron chi connectivity index (χ4n) is 1.38. The third-order valence-corrected chi connectivity index (χ3v) is 2.51. The van der Waals surface area contributed by atoms with E-state index in [1.165, 1.54) is 0 Å². The molecule has 0 aliphatic rings. The van der Waals surface area contributed by atoms with E-state index in [1.807, 2.05) is 0 Å². The summed E-state index contributed by atoms with van der Waals surface area (Å²) in [6.07, 6.45) is 0. The molecule has 0 amide bonds. The molecular weight excluding hydrogens is 264 g/mol. The van der Waals surface area contributed by atoms with Gasteiger partial charge in [-0.1, -0.05) is 15.9 Å². The highest BCUT2D eigenvalue weighted by Crippen LogP contribution is 2.19. The van der Waals surface area contributed by atoms with Crippen molar-refractivity contribution >= 4 is 27.0 Å². The topological polar surface area (TPSA) is 85.9 Å². The second kappa shape index (κ2) is 3.63. The molecule has 0 bridgehead atoms. The minimum Gasteiger partial charge on any atom is -0.392 e. The van der Waals surface area contributed by atoms with Gasteiger partial charge in [-0.15, -0.1) is 0 Å². The van der Waals surface area contributed by atoms with E-state index in [4.69, 9.17) is 5.11 Å². The molecule has 0 aliphatic carbocycles. The number of rotatable bonds is 1. The lowest BCUT2D eigenvalue weighted by Crippen LogP contribution is -2.29. The third kappa shape index (κ3) is 1.73. The van der Waals surface area contributed by atoms with Gasteiger partial charge in [0.05, 0.1) is 17.6 Å². The van der Waals surface area contributed by atoms with Crippen LogP contribution in [-0.2, 0) is 6.61 Å². The lowest BCUT2D eigenvalue weighted by atomic mass is 10.2. The van der Waals surface area contributed by atoms with Crippen molar-refractivity contribution in [1.82, 2.24) is 9.97 Å². The first-order valence-electron chi connectivity index (χ1n) is 4.17. The summed E-state index contributed by atoms with van der Waals surface area (Å²) in [6.45, 7) is -0.210. The summed E-state index contributed by atoms with van der Waals surface area (Å²) < 4.78 is 0.724. The zero-order chi connectivity index (χ0) is 11.0. The van der Waals surface area contributed by atoms with Gasteiger partial charge in [-0.3, -0.25) is 9.59 Å². The lowest BCUT2D eigenvalue weighted by molar-refractivity contribution is 0.283. The summed E-state index contributed by atoms with van der Waals surface area (Å²) >= 11 is 3.24. The Hall–Kier alpha value is -1.40. The van der Waals surface area contributed by atoms with Crippen molar-refractivity contribution in [3.8, 4) is 0 Å². The van der Waals surface area contributed by atoms with E-state index in [0.29, 0.717) is 16.6 Å². The Morgan fingerprint density at radius 2 is 1.87 bits per heavy atom. The van der Waals surface area contributed by atoms with E-state index in [2.05, 4.69) is 25.9 Å². The number of fused-ring (bicyclic) bond motifs is 1. The molecule has 1 aromatic carbocycles. The van der Waals surface area contributed by atoms with Crippen LogP contribution in [0, 0.1) is 0 Å². The maximum Gasteiger partial charge on any atom is 0.314 e. The van der Waals surface area contributed by atoms with Gasteiger partial charge in [-0.05, 0) is 12.1 Å². The fourth-order valence-corrected chi connectivity index (χ4v) is 1.89. The van der Waals surface area contributed by atoms with Crippen LogP contribution in [0.25, 0.3) is 11.0 Å². The highest BCUT2D eigenvalue weighted by Gasteiger charge is 2.05. The van der Waals surface area contributed by atoms with E-state index in [1.54, 1.807) is 12.1 Å². The second-order valence-corrected chi connectivity index (χ2v) is 3.97. The van der Waals surface area contributed by atoms with Crippen LogP contribution < -0.4 is 11.1 Å². The Morgan fingerprint density at radius 1 is 1.20 bits per heavy atom. The summed E-state index contributed by atoms with van der Waals surface area (Å²) in [5, 5.41) is 9.09. The summed E-state index contributed by atoms with van der Waals surface area (Å²) in [5.41, 5.74) is 0.0556. The van der Waals surface area contributed by atoms with Gasteiger partial charge in [-0.2, -0.15) is 0 Å². The van der Waals surface area contributed by atoms with Gasteiger partial charge in [-0.25, -0.2) is 0 Å². The molecule has 0 saturated carbocycles. The van der Waals surface area contributed by atoms with Crippen LogP contribution in [-0.4, -0.2) is 15.1 Å². The number of nitrogens with one attached hydrogen (secondary N) is 2. The number of aliphatic hydroxyl groups is 1. The number of aromatic nitrogens is 2. The molecular formula is C9H7BrN2O3. The van der Waals surface area contributed by atoms with Crippen molar-refractivity contribution in [2.24, 2.45) is 0 Å². The third-order valence-electron chi connectivity index (χ3n) is 2.05. The predicted octanol–water partition coefficient (Wildman–Crippen LogP) is 0.471. The molecule has 6 heteroatoms. The van der Waals surface area contributed by atoms with E-state index >= 15 is 0 Å². The highest BCUT2D eigenvalue weighted by atomic mass is 79.9. The van der Waals surface area contributed by atoms with Gasteiger partial charge in [0.2, 0.25) is 0 Å². The van der Waals surface area contributed by atoms with Crippen molar-refractivity contribution in [2.45, 2.75) is 6.61 Å². The summed E-state index contributed by atoms with van der Waals surface area (Å²) in [5.74, 6) is 0. The Balaban J connectivity index is 2.97. The molecule has 5 nitrogen and oxygen atoms in total. The summed E-state index contributed by atoms with van der Waals surface area (Å²) in [4.78, 5) is 27.0. The molecule has 0 fully saturated rings. The van der Waals surface area contributed by atoms with E-state index in [-0.39, 0.29) is 6.61 Å². The van der Waals surface area contributed by atoms with Crippen LogP contribution in [0.5, 0.6) is 0 Å². The Morgan fingerprint density at radius 3 is 2.53 bits per heavy atom. The normalized spacial score (nSPS) is 10.8. The van der Waals surface area contributed by atoms with Crippen molar-refractivity contribution in [2.75, 3.05) is 0 Å². The molecule has 1 heterocycles. The first-order valence-corrected chi connectivity index (χ1v) is 4.96. The average molecular weight is 271 g/mol. The predicted molar refractivity (Wildman–Crippen MR) is 58.8 cm³/mol. The molecule has 2 rings (SSSR count). The van der Waals surface area contributed by atoms with Crippen LogP contribution in [0.15, 0.2) is 26.2 Å². The van der Waals surface area contributed by atoms with Crippen LogP contribution in [0.1, 0.15) is 5.56 Å². The quantitative estimate of drug-likeness (QED) is 0.659. The molecule has 0 saturated heterocycles. The Kier molecular flexibility index (Phi) is 2.45. The molecule has 0 aliphatic heterocycles. The standard InChI is InChI=1S/C9H7BrN2O3/c10-5-1-4(3-13)7-6(2-5)11-8(14)9(15)12-7/h1-2,13H,3H2,(H,11,14)(H,12,15). The van der Waals surface area contributed by atoms with Crippen molar-refractivity contribution in [3.05, 3.63) is 42.9 Å². The minimum absolute atomic E-state index is 0.210. The lowest BCUT2D eigenvalue weighted by Gasteiger charge is -2.03. The molecule has 2 aromatic rings.